The molecule has 0 spiro atoms. The highest BCUT2D eigenvalue weighted by Crippen LogP contribution is 2.33. The third-order valence-corrected chi connectivity index (χ3v) is 1.50. The number of rotatable bonds is 2. The zero-order valence-electron chi connectivity index (χ0n) is 5.48. The Morgan fingerprint density at radius 3 is 3.18 bits per heavy atom. The molecular weight excluding hydrogens is 150 g/mol. The van der Waals surface area contributed by atoms with Crippen molar-refractivity contribution in [3.63, 3.8) is 0 Å². The largest absolute Gasteiger partial charge is 0.366 e. The van der Waals surface area contributed by atoms with Crippen molar-refractivity contribution in [1.29, 1.82) is 0 Å². The Hall–Kier alpha value is -1.43. The van der Waals surface area contributed by atoms with Crippen molar-refractivity contribution in [2.75, 3.05) is 6.61 Å². The van der Waals surface area contributed by atoms with Crippen LogP contribution < -0.4 is 0 Å². The molecule has 1 atom stereocenters. The van der Waals surface area contributed by atoms with Crippen LogP contribution in [-0.2, 0) is 4.74 Å². The molecule has 1 N–H and O–H groups in total. The molecule has 58 valence electrons. The van der Waals surface area contributed by atoms with E-state index in [9.17, 15) is 10.1 Å². The first-order valence-corrected chi connectivity index (χ1v) is 3.08. The molecule has 6 nitrogen and oxygen atoms in total. The predicted molar refractivity (Wildman–Crippen MR) is 33.9 cm³/mol. The maximum absolute atomic E-state index is 10.3. The first-order valence-electron chi connectivity index (χ1n) is 3.08. The smallest absolute Gasteiger partial charge is 0.312 e. The molecule has 1 aromatic rings. The Labute approximate surface area is 61.3 Å². The Balaban J connectivity index is 2.37. The van der Waals surface area contributed by atoms with Gasteiger partial charge in [0.05, 0.1) is 11.5 Å². The lowest BCUT2D eigenvalue weighted by Gasteiger charge is -1.87. The number of nitrogens with zero attached hydrogens (tertiary/aromatic N) is 2. The zero-order chi connectivity index (χ0) is 7.84. The minimum atomic E-state index is -0.472. The second-order valence-corrected chi connectivity index (χ2v) is 2.25. The molecule has 0 bridgehead atoms. The second-order valence-electron chi connectivity index (χ2n) is 2.25. The van der Waals surface area contributed by atoms with Gasteiger partial charge in [-0.15, -0.1) is 0 Å². The van der Waals surface area contributed by atoms with Crippen LogP contribution in [-0.4, -0.2) is 21.7 Å². The average Bonchev–Trinajstić information content (AvgIpc) is 2.68. The average molecular weight is 155 g/mol. The van der Waals surface area contributed by atoms with Gasteiger partial charge in [-0.25, -0.2) is 0 Å². The topological polar surface area (TPSA) is 84.3 Å². The zero-order valence-corrected chi connectivity index (χ0v) is 5.48. The third-order valence-electron chi connectivity index (χ3n) is 1.50. The summed E-state index contributed by atoms with van der Waals surface area (Å²) in [5.74, 6) is 0. The molecule has 6 heteroatoms. The van der Waals surface area contributed by atoms with Gasteiger partial charge in [-0.3, -0.25) is 15.2 Å². The maximum Gasteiger partial charge on any atom is 0.312 e. The van der Waals surface area contributed by atoms with Crippen molar-refractivity contribution >= 4 is 5.69 Å². The molecule has 11 heavy (non-hydrogen) atoms. The van der Waals surface area contributed by atoms with Gasteiger partial charge < -0.3 is 4.74 Å². The monoisotopic (exact) mass is 155 g/mol. The molecule has 1 fully saturated rings. The van der Waals surface area contributed by atoms with Crippen molar-refractivity contribution in [3.05, 3.63) is 22.0 Å². The summed E-state index contributed by atoms with van der Waals surface area (Å²) in [6.45, 7) is 0.545. The second kappa shape index (κ2) is 2.03. The molecule has 0 aliphatic carbocycles. The van der Waals surface area contributed by atoms with Crippen LogP contribution in [0.3, 0.4) is 0 Å². The molecule has 2 heterocycles. The third kappa shape index (κ3) is 0.966. The van der Waals surface area contributed by atoms with Gasteiger partial charge in [0, 0.05) is 0 Å². The molecule has 1 saturated heterocycles. The summed E-state index contributed by atoms with van der Waals surface area (Å²) in [7, 11) is 0. The summed E-state index contributed by atoms with van der Waals surface area (Å²) in [5, 5.41) is 16.4. The SMILES string of the molecule is O=[N+]([O-])c1cn[nH]c1[C@H]1CO1. The summed E-state index contributed by atoms with van der Waals surface area (Å²) in [6.07, 6.45) is 1.05. The summed E-state index contributed by atoms with van der Waals surface area (Å²) >= 11 is 0. The molecule has 0 radical (unpaired) electrons. The Kier molecular flexibility index (Phi) is 1.16. The normalized spacial score (nSPS) is 21.6. The molecular formula is C5H5N3O3. The lowest BCUT2D eigenvalue weighted by Crippen LogP contribution is -1.91. The Bertz CT molecular complexity index is 291. The molecule has 1 aliphatic heterocycles. The number of nitro groups is 1. The van der Waals surface area contributed by atoms with Gasteiger partial charge in [0.25, 0.3) is 0 Å². The molecule has 0 amide bonds. The Morgan fingerprint density at radius 1 is 1.91 bits per heavy atom. The van der Waals surface area contributed by atoms with Crippen molar-refractivity contribution in [1.82, 2.24) is 10.2 Å². The van der Waals surface area contributed by atoms with Crippen molar-refractivity contribution < 1.29 is 9.66 Å². The fraction of sp³-hybridized carbons (Fsp3) is 0.400. The van der Waals surface area contributed by atoms with Crippen LogP contribution in [0.1, 0.15) is 11.8 Å². The van der Waals surface area contributed by atoms with Crippen LogP contribution in [0.5, 0.6) is 0 Å². The van der Waals surface area contributed by atoms with Crippen LogP contribution >= 0.6 is 0 Å². The fourth-order valence-electron chi connectivity index (χ4n) is 0.887. The van der Waals surface area contributed by atoms with E-state index in [0.717, 1.165) is 0 Å². The number of aromatic amines is 1. The number of ether oxygens (including phenoxy) is 1. The van der Waals surface area contributed by atoms with Crippen LogP contribution in [0.15, 0.2) is 6.20 Å². The number of nitrogens with one attached hydrogen (secondary N) is 1. The van der Waals surface area contributed by atoms with Crippen LogP contribution in [0.2, 0.25) is 0 Å². The highest BCUT2D eigenvalue weighted by atomic mass is 16.6. The van der Waals surface area contributed by atoms with E-state index in [4.69, 9.17) is 4.74 Å². The van der Waals surface area contributed by atoms with Crippen molar-refractivity contribution in [2.24, 2.45) is 0 Å². The van der Waals surface area contributed by atoms with Crippen LogP contribution in [0.25, 0.3) is 0 Å². The van der Waals surface area contributed by atoms with E-state index in [2.05, 4.69) is 10.2 Å². The summed E-state index contributed by atoms with van der Waals surface area (Å²) in [5.41, 5.74) is 0.475. The van der Waals surface area contributed by atoms with E-state index in [1.54, 1.807) is 0 Å². The van der Waals surface area contributed by atoms with Gasteiger partial charge in [0.1, 0.15) is 18.0 Å². The number of H-pyrrole nitrogens is 1. The van der Waals surface area contributed by atoms with Gasteiger partial charge in [0.15, 0.2) is 0 Å². The first kappa shape index (κ1) is 6.29. The van der Waals surface area contributed by atoms with E-state index < -0.39 is 4.92 Å². The highest BCUT2D eigenvalue weighted by Gasteiger charge is 2.33. The van der Waals surface area contributed by atoms with E-state index in [0.29, 0.717) is 12.3 Å². The van der Waals surface area contributed by atoms with Gasteiger partial charge in [-0.05, 0) is 0 Å². The summed E-state index contributed by atoms with van der Waals surface area (Å²) in [6, 6.07) is 0. The summed E-state index contributed by atoms with van der Waals surface area (Å²) < 4.78 is 4.87. The molecule has 0 saturated carbocycles. The number of hydrogen-bond acceptors (Lipinski definition) is 4. The maximum atomic E-state index is 10.3. The van der Waals surface area contributed by atoms with Crippen LogP contribution in [0.4, 0.5) is 5.69 Å². The van der Waals surface area contributed by atoms with Gasteiger partial charge >= 0.3 is 5.69 Å². The fourth-order valence-corrected chi connectivity index (χ4v) is 0.887. The van der Waals surface area contributed by atoms with E-state index >= 15 is 0 Å². The Morgan fingerprint density at radius 2 is 2.64 bits per heavy atom. The molecule has 0 unspecified atom stereocenters. The quantitative estimate of drug-likeness (QED) is 0.380. The number of aromatic nitrogens is 2. The highest BCUT2D eigenvalue weighted by molar-refractivity contribution is 5.35. The molecule has 0 aromatic carbocycles. The van der Waals surface area contributed by atoms with E-state index in [-0.39, 0.29) is 11.8 Å². The van der Waals surface area contributed by atoms with Crippen LogP contribution in [0, 0.1) is 10.1 Å². The van der Waals surface area contributed by atoms with Gasteiger partial charge in [-0.2, -0.15) is 5.10 Å². The standard InChI is InChI=1S/C5H5N3O3/c9-8(10)3-1-6-7-5(3)4-2-11-4/h1,4H,2H2,(H,6,7)/t4-/m1/s1. The number of hydrogen-bond donors (Lipinski definition) is 1. The van der Waals surface area contributed by atoms with Crippen molar-refractivity contribution in [2.45, 2.75) is 6.10 Å². The lowest BCUT2D eigenvalue weighted by molar-refractivity contribution is -0.385. The van der Waals surface area contributed by atoms with E-state index in [1.165, 1.54) is 6.20 Å². The number of epoxide rings is 1. The molecule has 1 aliphatic rings. The van der Waals surface area contributed by atoms with Gasteiger partial charge in [0.2, 0.25) is 0 Å². The first-order chi connectivity index (χ1) is 5.29. The molecule has 2 rings (SSSR count). The predicted octanol–water partition coefficient (Wildman–Crippen LogP) is 0.389. The minimum Gasteiger partial charge on any atom is -0.366 e. The van der Waals surface area contributed by atoms with Crippen molar-refractivity contribution in [3.8, 4) is 0 Å². The van der Waals surface area contributed by atoms with Gasteiger partial charge in [-0.1, -0.05) is 0 Å². The molecule has 1 aromatic heterocycles. The minimum absolute atomic E-state index is 0.00694. The lowest BCUT2D eigenvalue weighted by atomic mass is 10.3. The summed E-state index contributed by atoms with van der Waals surface area (Å²) in [4.78, 5) is 9.83. The van der Waals surface area contributed by atoms with E-state index in [1.807, 2.05) is 0 Å².